The Kier molecular flexibility index (Phi) is 3.16. The molecule has 0 aliphatic carbocycles. The van der Waals surface area contributed by atoms with Gasteiger partial charge in [-0.2, -0.15) is 15.0 Å². The molecule has 2 heterocycles. The van der Waals surface area contributed by atoms with E-state index in [-0.39, 0.29) is 11.2 Å². The third kappa shape index (κ3) is 2.77. The van der Waals surface area contributed by atoms with Gasteiger partial charge in [0.15, 0.2) is 5.16 Å². The second-order valence-corrected chi connectivity index (χ2v) is 4.16. The van der Waals surface area contributed by atoms with Crippen molar-refractivity contribution in [2.24, 2.45) is 0 Å². The summed E-state index contributed by atoms with van der Waals surface area (Å²) in [6.07, 6.45) is 3.42. The Bertz CT molecular complexity index is 482. The predicted octanol–water partition coefficient (Wildman–Crippen LogP) is 1.36. The van der Waals surface area contributed by atoms with Gasteiger partial charge in [-0.15, -0.1) is 0 Å². The first-order chi connectivity index (χ1) is 7.63. The predicted molar refractivity (Wildman–Crippen MR) is 60.1 cm³/mol. The van der Waals surface area contributed by atoms with Crippen molar-refractivity contribution < 1.29 is 0 Å². The number of anilines is 1. The molecular weight excluding hydrogens is 248 g/mol. The molecule has 0 fully saturated rings. The highest BCUT2D eigenvalue weighted by molar-refractivity contribution is 7.99. The Morgan fingerprint density at radius 2 is 1.81 bits per heavy atom. The van der Waals surface area contributed by atoms with Crippen molar-refractivity contribution in [3.05, 3.63) is 23.2 Å². The zero-order valence-corrected chi connectivity index (χ0v) is 9.83. The second-order valence-electron chi connectivity index (χ2n) is 2.89. The Hall–Kier alpha value is -1.47. The van der Waals surface area contributed by atoms with E-state index in [1.807, 2.05) is 6.92 Å². The number of halogens is 1. The van der Waals surface area contributed by atoms with Crippen LogP contribution in [0.2, 0.25) is 5.28 Å². The second kappa shape index (κ2) is 4.58. The van der Waals surface area contributed by atoms with Gasteiger partial charge in [0.1, 0.15) is 0 Å². The summed E-state index contributed by atoms with van der Waals surface area (Å²) in [7, 11) is 0. The van der Waals surface area contributed by atoms with Crippen molar-refractivity contribution in [2.75, 3.05) is 5.73 Å². The summed E-state index contributed by atoms with van der Waals surface area (Å²) in [5.41, 5.74) is 6.42. The molecule has 0 bridgehead atoms. The molecular formula is C8H7ClN6S. The van der Waals surface area contributed by atoms with Crippen LogP contribution in [0.25, 0.3) is 0 Å². The van der Waals surface area contributed by atoms with Crippen molar-refractivity contribution >= 4 is 29.3 Å². The molecule has 0 radical (unpaired) electrons. The monoisotopic (exact) mass is 254 g/mol. The number of nitrogens with zero attached hydrogens (tertiary/aromatic N) is 5. The summed E-state index contributed by atoms with van der Waals surface area (Å²) >= 11 is 6.82. The van der Waals surface area contributed by atoms with E-state index in [4.69, 9.17) is 17.3 Å². The highest BCUT2D eigenvalue weighted by Crippen LogP contribution is 2.21. The maximum Gasteiger partial charge on any atom is 0.228 e. The van der Waals surface area contributed by atoms with E-state index in [0.29, 0.717) is 10.3 Å². The molecule has 0 atom stereocenters. The van der Waals surface area contributed by atoms with Crippen LogP contribution in [0.3, 0.4) is 0 Å². The largest absolute Gasteiger partial charge is 0.368 e. The highest BCUT2D eigenvalue weighted by Gasteiger charge is 2.06. The minimum Gasteiger partial charge on any atom is -0.368 e. The van der Waals surface area contributed by atoms with Gasteiger partial charge in [-0.1, -0.05) is 0 Å². The standard InChI is InChI=1S/C8H7ClN6S/c1-4-2-11-7(12-3-4)16-8-14-5(9)13-6(10)15-8/h2-3H,1H3,(H2,10,13,14,15). The smallest absolute Gasteiger partial charge is 0.228 e. The molecule has 0 unspecified atom stereocenters. The molecule has 6 nitrogen and oxygen atoms in total. The van der Waals surface area contributed by atoms with Gasteiger partial charge >= 0.3 is 0 Å². The van der Waals surface area contributed by atoms with Gasteiger partial charge < -0.3 is 5.73 Å². The lowest BCUT2D eigenvalue weighted by Gasteiger charge is -1.99. The van der Waals surface area contributed by atoms with E-state index in [0.717, 1.165) is 5.56 Å². The summed E-state index contributed by atoms with van der Waals surface area (Å²) in [6.45, 7) is 1.91. The van der Waals surface area contributed by atoms with Crippen LogP contribution in [0.1, 0.15) is 5.56 Å². The van der Waals surface area contributed by atoms with Crippen LogP contribution >= 0.6 is 23.4 Å². The van der Waals surface area contributed by atoms with Gasteiger partial charge in [-0.3, -0.25) is 0 Å². The maximum atomic E-state index is 5.65. The summed E-state index contributed by atoms with van der Waals surface area (Å²) in [5.74, 6) is 0.0783. The number of hydrogen-bond acceptors (Lipinski definition) is 7. The maximum absolute atomic E-state index is 5.65. The van der Waals surface area contributed by atoms with E-state index in [2.05, 4.69) is 24.9 Å². The number of nitrogen functional groups attached to an aromatic ring is 1. The number of nitrogens with two attached hydrogens (primary N) is 1. The highest BCUT2D eigenvalue weighted by atomic mass is 35.5. The molecule has 0 saturated carbocycles. The minimum absolute atomic E-state index is 0.0575. The quantitative estimate of drug-likeness (QED) is 0.809. The Morgan fingerprint density at radius 1 is 1.12 bits per heavy atom. The average Bonchev–Trinajstić information content (AvgIpc) is 2.20. The first-order valence-corrected chi connectivity index (χ1v) is 5.46. The summed E-state index contributed by atoms with van der Waals surface area (Å²) in [4.78, 5) is 19.7. The zero-order valence-electron chi connectivity index (χ0n) is 8.25. The molecule has 2 rings (SSSR count). The third-order valence-electron chi connectivity index (χ3n) is 1.54. The molecule has 0 amide bonds. The molecule has 0 spiro atoms. The molecule has 0 aromatic carbocycles. The van der Waals surface area contributed by atoms with Gasteiger partial charge in [0, 0.05) is 12.4 Å². The van der Waals surface area contributed by atoms with E-state index < -0.39 is 0 Å². The summed E-state index contributed by atoms with van der Waals surface area (Å²) in [5, 5.41) is 0.968. The fraction of sp³-hybridized carbons (Fsp3) is 0.125. The Balaban J connectivity index is 2.23. The SMILES string of the molecule is Cc1cnc(Sc2nc(N)nc(Cl)n2)nc1. The van der Waals surface area contributed by atoms with Crippen LogP contribution < -0.4 is 5.73 Å². The Morgan fingerprint density at radius 3 is 2.44 bits per heavy atom. The van der Waals surface area contributed by atoms with E-state index >= 15 is 0 Å². The molecule has 8 heteroatoms. The lowest BCUT2D eigenvalue weighted by atomic mass is 10.4. The number of aromatic nitrogens is 5. The van der Waals surface area contributed by atoms with Gasteiger partial charge in [0.2, 0.25) is 16.4 Å². The van der Waals surface area contributed by atoms with Gasteiger partial charge in [-0.25, -0.2) is 9.97 Å². The van der Waals surface area contributed by atoms with Crippen LogP contribution in [0, 0.1) is 6.92 Å². The van der Waals surface area contributed by atoms with E-state index in [1.165, 1.54) is 11.8 Å². The van der Waals surface area contributed by atoms with Crippen molar-refractivity contribution in [3.63, 3.8) is 0 Å². The van der Waals surface area contributed by atoms with Crippen LogP contribution in [0.4, 0.5) is 5.95 Å². The van der Waals surface area contributed by atoms with Crippen LogP contribution in [0.5, 0.6) is 0 Å². The zero-order chi connectivity index (χ0) is 11.5. The lowest BCUT2D eigenvalue weighted by Crippen LogP contribution is -1.99. The van der Waals surface area contributed by atoms with Crippen molar-refractivity contribution in [3.8, 4) is 0 Å². The third-order valence-corrected chi connectivity index (χ3v) is 2.47. The lowest BCUT2D eigenvalue weighted by molar-refractivity contribution is 0.894. The number of rotatable bonds is 2. The van der Waals surface area contributed by atoms with E-state index in [1.54, 1.807) is 12.4 Å². The number of aryl methyl sites for hydroxylation is 1. The van der Waals surface area contributed by atoms with Gasteiger partial charge in [0.05, 0.1) is 0 Å². The summed E-state index contributed by atoms with van der Waals surface area (Å²) < 4.78 is 0. The molecule has 82 valence electrons. The number of hydrogen-bond donors (Lipinski definition) is 1. The van der Waals surface area contributed by atoms with Crippen molar-refractivity contribution in [2.45, 2.75) is 17.2 Å². The van der Waals surface area contributed by atoms with Crippen LogP contribution in [-0.4, -0.2) is 24.9 Å². The molecule has 0 saturated heterocycles. The first-order valence-electron chi connectivity index (χ1n) is 4.27. The molecule has 16 heavy (non-hydrogen) atoms. The van der Waals surface area contributed by atoms with Crippen molar-refractivity contribution in [1.29, 1.82) is 0 Å². The van der Waals surface area contributed by atoms with Gasteiger partial charge in [-0.05, 0) is 35.9 Å². The fourth-order valence-electron chi connectivity index (χ4n) is 0.907. The first kappa shape index (κ1) is 11.0. The minimum atomic E-state index is 0.0575. The summed E-state index contributed by atoms with van der Waals surface area (Å²) in [6, 6.07) is 0. The van der Waals surface area contributed by atoms with Crippen LogP contribution in [-0.2, 0) is 0 Å². The normalized spacial score (nSPS) is 10.4. The molecule has 2 aromatic rings. The molecule has 0 aliphatic heterocycles. The van der Waals surface area contributed by atoms with Crippen molar-refractivity contribution in [1.82, 2.24) is 24.9 Å². The molecule has 0 aliphatic rings. The van der Waals surface area contributed by atoms with Crippen LogP contribution in [0.15, 0.2) is 22.7 Å². The fourth-order valence-corrected chi connectivity index (χ4v) is 1.77. The van der Waals surface area contributed by atoms with Gasteiger partial charge in [0.25, 0.3) is 0 Å². The topological polar surface area (TPSA) is 90.5 Å². The molecule has 2 N–H and O–H groups in total. The Labute approximate surface area is 101 Å². The molecule has 2 aromatic heterocycles. The van der Waals surface area contributed by atoms with E-state index in [9.17, 15) is 0 Å². The average molecular weight is 255 g/mol.